The molecule has 1 aromatic carbocycles. The van der Waals surface area contributed by atoms with Gasteiger partial charge in [-0.05, 0) is 6.07 Å². The Labute approximate surface area is 78.4 Å². The molecule has 0 radical (unpaired) electrons. The van der Waals surface area contributed by atoms with Crippen molar-refractivity contribution in [2.45, 2.75) is 0 Å². The summed E-state index contributed by atoms with van der Waals surface area (Å²) in [6.07, 6.45) is 0. The molecule has 0 bridgehead atoms. The highest BCUT2D eigenvalue weighted by molar-refractivity contribution is 6.00. The van der Waals surface area contributed by atoms with Crippen LogP contribution in [0.25, 0.3) is 11.0 Å². The first-order chi connectivity index (χ1) is 6.68. The van der Waals surface area contributed by atoms with E-state index in [-0.39, 0.29) is 11.1 Å². The summed E-state index contributed by atoms with van der Waals surface area (Å²) in [4.78, 5) is 21.6. The lowest BCUT2D eigenvalue weighted by atomic mass is 10.1. The summed E-state index contributed by atoms with van der Waals surface area (Å²) >= 11 is 0. The van der Waals surface area contributed by atoms with Crippen LogP contribution in [0.2, 0.25) is 0 Å². The van der Waals surface area contributed by atoms with Crippen molar-refractivity contribution in [1.29, 1.82) is 0 Å². The van der Waals surface area contributed by atoms with Crippen molar-refractivity contribution in [1.82, 2.24) is 0 Å². The SMILES string of the molecule is O=C([O-])c1cc(=O)oc2ccccc12. The third-order valence-corrected chi connectivity index (χ3v) is 1.87. The van der Waals surface area contributed by atoms with Gasteiger partial charge >= 0.3 is 5.63 Å². The summed E-state index contributed by atoms with van der Waals surface area (Å²) in [6, 6.07) is 7.32. The molecule has 0 unspecified atom stereocenters. The minimum absolute atomic E-state index is 0.142. The molecule has 14 heavy (non-hydrogen) atoms. The van der Waals surface area contributed by atoms with Crippen LogP contribution in [0.1, 0.15) is 10.4 Å². The lowest BCUT2D eigenvalue weighted by Crippen LogP contribution is -2.23. The van der Waals surface area contributed by atoms with Crippen molar-refractivity contribution in [3.05, 3.63) is 46.3 Å². The number of hydrogen-bond acceptors (Lipinski definition) is 4. The largest absolute Gasteiger partial charge is 0.545 e. The van der Waals surface area contributed by atoms with Crippen molar-refractivity contribution in [3.63, 3.8) is 0 Å². The van der Waals surface area contributed by atoms with Crippen molar-refractivity contribution in [3.8, 4) is 0 Å². The maximum Gasteiger partial charge on any atom is 0.336 e. The predicted octanol–water partition coefficient (Wildman–Crippen LogP) is 0.156. The van der Waals surface area contributed by atoms with Crippen LogP contribution in [0.4, 0.5) is 0 Å². The molecule has 0 aliphatic rings. The molecule has 0 aliphatic heterocycles. The van der Waals surface area contributed by atoms with E-state index in [4.69, 9.17) is 4.42 Å². The number of hydrogen-bond donors (Lipinski definition) is 0. The first kappa shape index (κ1) is 8.50. The van der Waals surface area contributed by atoms with Crippen molar-refractivity contribution < 1.29 is 14.3 Å². The van der Waals surface area contributed by atoms with Gasteiger partial charge in [-0.25, -0.2) is 4.79 Å². The van der Waals surface area contributed by atoms with E-state index in [1.807, 2.05) is 0 Å². The van der Waals surface area contributed by atoms with E-state index in [1.165, 1.54) is 6.07 Å². The third-order valence-electron chi connectivity index (χ3n) is 1.87. The molecule has 0 amide bonds. The summed E-state index contributed by atoms with van der Waals surface area (Å²) in [5.41, 5.74) is -0.584. The Bertz CT molecular complexity index is 553. The number of benzene rings is 1. The van der Waals surface area contributed by atoms with Crippen LogP contribution in [0, 0.1) is 0 Å². The van der Waals surface area contributed by atoms with Crippen molar-refractivity contribution in [2.75, 3.05) is 0 Å². The van der Waals surface area contributed by atoms with E-state index in [0.29, 0.717) is 5.39 Å². The molecule has 0 N–H and O–H groups in total. The van der Waals surface area contributed by atoms with Gasteiger partial charge in [-0.3, -0.25) is 0 Å². The molecule has 0 atom stereocenters. The quantitative estimate of drug-likeness (QED) is 0.599. The van der Waals surface area contributed by atoms with Crippen molar-refractivity contribution in [2.24, 2.45) is 0 Å². The molecule has 4 nitrogen and oxygen atoms in total. The highest BCUT2D eigenvalue weighted by atomic mass is 16.4. The van der Waals surface area contributed by atoms with E-state index in [1.54, 1.807) is 18.2 Å². The predicted molar refractivity (Wildman–Crippen MR) is 46.8 cm³/mol. The number of carbonyl (C=O) groups excluding carboxylic acids is 1. The van der Waals surface area contributed by atoms with Gasteiger partial charge in [-0.15, -0.1) is 0 Å². The van der Waals surface area contributed by atoms with Gasteiger partial charge in [0, 0.05) is 17.0 Å². The molecule has 4 heteroatoms. The average molecular weight is 189 g/mol. The maximum atomic E-state index is 11.0. The third kappa shape index (κ3) is 1.26. The topological polar surface area (TPSA) is 70.3 Å². The summed E-state index contributed by atoms with van der Waals surface area (Å²) < 4.78 is 4.81. The molecule has 1 aromatic heterocycles. The number of carboxylic acid groups (broad SMARTS) is 1. The molecular weight excluding hydrogens is 184 g/mol. The summed E-state index contributed by atoms with van der Waals surface area (Å²) in [5, 5.41) is 11.0. The van der Waals surface area contributed by atoms with Gasteiger partial charge in [0.25, 0.3) is 0 Å². The van der Waals surface area contributed by atoms with E-state index in [9.17, 15) is 14.7 Å². The first-order valence-electron chi connectivity index (χ1n) is 3.93. The average Bonchev–Trinajstić information content (AvgIpc) is 2.16. The van der Waals surface area contributed by atoms with Gasteiger partial charge in [0.15, 0.2) is 0 Å². The maximum absolute atomic E-state index is 11.0. The smallest absolute Gasteiger partial charge is 0.336 e. The Hall–Kier alpha value is -2.10. The zero-order chi connectivity index (χ0) is 10.1. The van der Waals surface area contributed by atoms with Crippen LogP contribution >= 0.6 is 0 Å². The normalized spacial score (nSPS) is 10.3. The molecule has 0 spiro atoms. The second-order valence-electron chi connectivity index (χ2n) is 2.76. The number of fused-ring (bicyclic) bond motifs is 1. The lowest BCUT2D eigenvalue weighted by molar-refractivity contribution is -0.254. The van der Waals surface area contributed by atoms with Gasteiger partial charge in [-0.2, -0.15) is 0 Å². The highest BCUT2D eigenvalue weighted by Gasteiger charge is 2.04. The molecule has 0 saturated heterocycles. The molecule has 70 valence electrons. The Morgan fingerprint density at radius 1 is 1.29 bits per heavy atom. The van der Waals surface area contributed by atoms with Crippen LogP contribution in [-0.4, -0.2) is 5.97 Å². The van der Waals surface area contributed by atoms with Gasteiger partial charge in [0.1, 0.15) is 5.58 Å². The molecule has 0 fully saturated rings. The molecule has 0 saturated carbocycles. The monoisotopic (exact) mass is 189 g/mol. The number of para-hydroxylation sites is 1. The fourth-order valence-corrected chi connectivity index (χ4v) is 1.28. The van der Waals surface area contributed by atoms with E-state index < -0.39 is 11.6 Å². The zero-order valence-corrected chi connectivity index (χ0v) is 7.02. The number of carbonyl (C=O) groups is 1. The molecule has 1 heterocycles. The number of carboxylic acids is 1. The number of aromatic carboxylic acids is 1. The second-order valence-corrected chi connectivity index (χ2v) is 2.76. The second kappa shape index (κ2) is 2.99. The minimum atomic E-state index is -1.38. The zero-order valence-electron chi connectivity index (χ0n) is 7.02. The van der Waals surface area contributed by atoms with Gasteiger partial charge < -0.3 is 14.3 Å². The Kier molecular flexibility index (Phi) is 1.81. The standard InChI is InChI=1S/C10H6O4/c11-9-5-7(10(12)13)6-3-1-2-4-8(6)14-9/h1-5H,(H,12,13)/p-1. The van der Waals surface area contributed by atoms with Crippen LogP contribution in [0.5, 0.6) is 0 Å². The van der Waals surface area contributed by atoms with E-state index >= 15 is 0 Å². The molecule has 2 rings (SSSR count). The first-order valence-corrected chi connectivity index (χ1v) is 3.93. The molecule has 0 aliphatic carbocycles. The van der Waals surface area contributed by atoms with E-state index in [0.717, 1.165) is 6.07 Å². The van der Waals surface area contributed by atoms with Crippen LogP contribution < -0.4 is 10.7 Å². The van der Waals surface area contributed by atoms with Crippen LogP contribution in [0.15, 0.2) is 39.5 Å². The molecule has 2 aromatic rings. The summed E-state index contributed by atoms with van der Waals surface area (Å²) in [7, 11) is 0. The van der Waals surface area contributed by atoms with Gasteiger partial charge in [-0.1, -0.05) is 18.2 Å². The fourth-order valence-electron chi connectivity index (χ4n) is 1.28. The Morgan fingerprint density at radius 3 is 2.71 bits per heavy atom. The van der Waals surface area contributed by atoms with E-state index in [2.05, 4.69) is 0 Å². The van der Waals surface area contributed by atoms with Gasteiger partial charge in [0.2, 0.25) is 0 Å². The Morgan fingerprint density at radius 2 is 2.00 bits per heavy atom. The van der Waals surface area contributed by atoms with Crippen LogP contribution in [-0.2, 0) is 0 Å². The lowest BCUT2D eigenvalue weighted by Gasteiger charge is -2.04. The van der Waals surface area contributed by atoms with Gasteiger partial charge in [0.05, 0.1) is 5.97 Å². The molecular formula is C10H5O4-. The Balaban J connectivity index is 2.94. The summed E-state index contributed by atoms with van der Waals surface area (Å²) in [6.45, 7) is 0. The van der Waals surface area contributed by atoms with Crippen molar-refractivity contribution >= 4 is 16.9 Å². The summed E-state index contributed by atoms with van der Waals surface area (Å²) in [5.74, 6) is -1.38. The fraction of sp³-hybridized carbons (Fsp3) is 0. The number of rotatable bonds is 1. The highest BCUT2D eigenvalue weighted by Crippen LogP contribution is 2.15. The van der Waals surface area contributed by atoms with Crippen LogP contribution in [0.3, 0.4) is 0 Å². The minimum Gasteiger partial charge on any atom is -0.545 e.